The van der Waals surface area contributed by atoms with Gasteiger partial charge in [0, 0.05) is 49.7 Å². The quantitative estimate of drug-likeness (QED) is 0.547. The lowest BCUT2D eigenvalue weighted by atomic mass is 9.62. The summed E-state index contributed by atoms with van der Waals surface area (Å²) in [4.78, 5) is 35.6. The van der Waals surface area contributed by atoms with Crippen LogP contribution in [0.3, 0.4) is 0 Å². The Bertz CT molecular complexity index is 1200. The lowest BCUT2D eigenvalue weighted by Crippen LogP contribution is -2.53. The van der Waals surface area contributed by atoms with Crippen LogP contribution in [0.1, 0.15) is 102 Å². The van der Waals surface area contributed by atoms with E-state index < -0.39 is 5.60 Å². The number of carbonyl (C=O) groups is 2. The molecule has 4 aliphatic rings. The molecule has 39 heavy (non-hydrogen) atoms. The zero-order valence-electron chi connectivity index (χ0n) is 23.2. The molecule has 1 saturated heterocycles. The molecular formula is C31H42N4O3S. The lowest BCUT2D eigenvalue weighted by molar-refractivity contribution is -0.143. The Labute approximate surface area is 236 Å². The predicted molar refractivity (Wildman–Crippen MR) is 154 cm³/mol. The topological polar surface area (TPSA) is 85.8 Å². The van der Waals surface area contributed by atoms with Crippen LogP contribution in [0.5, 0.6) is 0 Å². The first kappa shape index (κ1) is 26.8. The van der Waals surface area contributed by atoms with Gasteiger partial charge in [-0.15, -0.1) is 11.3 Å². The van der Waals surface area contributed by atoms with Crippen LogP contribution in [0.15, 0.2) is 24.3 Å². The number of para-hydroxylation sites is 1. The molecule has 1 aromatic heterocycles. The van der Waals surface area contributed by atoms with E-state index in [4.69, 9.17) is 4.98 Å². The number of hydrogen-bond acceptors (Lipinski definition) is 6. The number of thiazole rings is 1. The minimum Gasteiger partial charge on any atom is -0.384 e. The third-order valence-corrected chi connectivity index (χ3v) is 10.9. The number of aromatic nitrogens is 1. The molecule has 7 nitrogen and oxygen atoms in total. The van der Waals surface area contributed by atoms with Gasteiger partial charge in [0.25, 0.3) is 11.8 Å². The van der Waals surface area contributed by atoms with Crippen molar-refractivity contribution >= 4 is 28.8 Å². The third kappa shape index (κ3) is 5.10. The highest BCUT2D eigenvalue weighted by atomic mass is 32.1. The number of fused-ring (bicyclic) bond motifs is 2. The largest absolute Gasteiger partial charge is 0.384 e. The first-order chi connectivity index (χ1) is 18.9. The average molecular weight is 551 g/mol. The second-order valence-electron chi connectivity index (χ2n) is 12.2. The highest BCUT2D eigenvalue weighted by Crippen LogP contribution is 2.53. The van der Waals surface area contributed by atoms with E-state index in [9.17, 15) is 14.7 Å². The molecule has 6 rings (SSSR count). The van der Waals surface area contributed by atoms with Gasteiger partial charge >= 0.3 is 0 Å². The molecule has 3 fully saturated rings. The normalized spacial score (nSPS) is 24.5. The van der Waals surface area contributed by atoms with E-state index in [2.05, 4.69) is 29.6 Å². The van der Waals surface area contributed by atoms with Crippen LogP contribution in [0.25, 0.3) is 0 Å². The molecule has 2 amide bonds. The van der Waals surface area contributed by atoms with Crippen LogP contribution in [0.2, 0.25) is 0 Å². The molecule has 1 spiro atoms. The first-order valence-electron chi connectivity index (χ1n) is 15.0. The SMILES string of the molecule is Cc1nc(C2CNc3ccccc3C23CCCCCCCCC3)sc1C(=O)N1CCN(C(=O)C2(O)CC2)CC1. The summed E-state index contributed by atoms with van der Waals surface area (Å²) >= 11 is 1.59. The van der Waals surface area contributed by atoms with Gasteiger partial charge in [0.2, 0.25) is 0 Å². The van der Waals surface area contributed by atoms with Gasteiger partial charge in [-0.1, -0.05) is 63.1 Å². The summed E-state index contributed by atoms with van der Waals surface area (Å²) in [7, 11) is 0. The number of carbonyl (C=O) groups excluding carboxylic acids is 2. The second kappa shape index (κ2) is 10.8. The lowest BCUT2D eigenvalue weighted by Gasteiger charge is -2.46. The Balaban J connectivity index is 1.24. The molecule has 8 heteroatoms. The zero-order valence-corrected chi connectivity index (χ0v) is 24.0. The molecule has 0 bridgehead atoms. The van der Waals surface area contributed by atoms with E-state index in [0.717, 1.165) is 22.1 Å². The Kier molecular flexibility index (Phi) is 7.44. The van der Waals surface area contributed by atoms with E-state index in [1.165, 1.54) is 69.0 Å². The number of nitrogens with one attached hydrogen (secondary N) is 1. The maximum atomic E-state index is 13.7. The summed E-state index contributed by atoms with van der Waals surface area (Å²) in [5.74, 6) is 0.0930. The molecule has 2 N–H and O–H groups in total. The zero-order chi connectivity index (χ0) is 27.0. The van der Waals surface area contributed by atoms with E-state index >= 15 is 0 Å². The van der Waals surface area contributed by atoms with Gasteiger partial charge in [0.1, 0.15) is 10.5 Å². The fourth-order valence-corrected chi connectivity index (χ4v) is 8.40. The summed E-state index contributed by atoms with van der Waals surface area (Å²) in [6, 6.07) is 8.85. The number of aryl methyl sites for hydroxylation is 1. The monoisotopic (exact) mass is 550 g/mol. The van der Waals surface area contributed by atoms with Crippen LogP contribution >= 0.6 is 11.3 Å². The summed E-state index contributed by atoms with van der Waals surface area (Å²) < 4.78 is 0. The van der Waals surface area contributed by atoms with E-state index in [1.54, 1.807) is 16.2 Å². The molecule has 2 aliphatic carbocycles. The van der Waals surface area contributed by atoms with Crippen molar-refractivity contribution in [1.82, 2.24) is 14.8 Å². The number of hydrogen-bond donors (Lipinski definition) is 2. The summed E-state index contributed by atoms with van der Waals surface area (Å²) in [6.07, 6.45) is 12.5. The number of piperazine rings is 1. The number of amides is 2. The van der Waals surface area contributed by atoms with Crippen LogP contribution in [-0.2, 0) is 10.2 Å². The van der Waals surface area contributed by atoms with Gasteiger partial charge in [-0.2, -0.15) is 0 Å². The molecule has 1 atom stereocenters. The van der Waals surface area contributed by atoms with Gasteiger partial charge in [-0.05, 0) is 44.2 Å². The Morgan fingerprint density at radius 2 is 1.54 bits per heavy atom. The molecular weight excluding hydrogens is 508 g/mol. The number of anilines is 1. The molecule has 210 valence electrons. The van der Waals surface area contributed by atoms with Crippen molar-refractivity contribution < 1.29 is 14.7 Å². The Morgan fingerprint density at radius 1 is 0.923 bits per heavy atom. The summed E-state index contributed by atoms with van der Waals surface area (Å²) in [6.45, 7) is 4.76. The molecule has 2 aromatic rings. The molecule has 1 unspecified atom stereocenters. The van der Waals surface area contributed by atoms with Gasteiger partial charge in [-0.25, -0.2) is 4.98 Å². The Morgan fingerprint density at radius 3 is 2.21 bits per heavy atom. The second-order valence-corrected chi connectivity index (χ2v) is 13.2. The van der Waals surface area contributed by atoms with Crippen molar-refractivity contribution in [3.63, 3.8) is 0 Å². The molecule has 1 aromatic carbocycles. The number of nitrogens with zero attached hydrogens (tertiary/aromatic N) is 3. The fraction of sp³-hybridized carbons (Fsp3) is 0.645. The molecule has 2 aliphatic heterocycles. The van der Waals surface area contributed by atoms with Crippen molar-refractivity contribution in [2.75, 3.05) is 38.0 Å². The van der Waals surface area contributed by atoms with Gasteiger partial charge < -0.3 is 20.2 Å². The van der Waals surface area contributed by atoms with Crippen molar-refractivity contribution in [2.24, 2.45) is 0 Å². The fourth-order valence-electron chi connectivity index (χ4n) is 7.15. The van der Waals surface area contributed by atoms with E-state index in [1.807, 2.05) is 11.8 Å². The number of aliphatic hydroxyl groups is 1. The predicted octanol–water partition coefficient (Wildman–Crippen LogP) is 5.23. The van der Waals surface area contributed by atoms with Crippen LogP contribution in [0, 0.1) is 6.92 Å². The average Bonchev–Trinajstić information content (AvgIpc) is 3.61. The van der Waals surface area contributed by atoms with Crippen molar-refractivity contribution in [3.05, 3.63) is 45.4 Å². The minimum atomic E-state index is -1.15. The molecule has 3 heterocycles. The van der Waals surface area contributed by atoms with Crippen LogP contribution < -0.4 is 5.32 Å². The minimum absolute atomic E-state index is 0.0256. The van der Waals surface area contributed by atoms with Crippen LogP contribution in [-0.4, -0.2) is 70.0 Å². The Hall–Kier alpha value is -2.45. The van der Waals surface area contributed by atoms with Crippen molar-refractivity contribution in [1.29, 1.82) is 0 Å². The standard InChI is InChI=1S/C31H42N4O3S/c1-22-26(28(36)34-17-19-35(20-18-34)29(37)31(38)15-16-31)39-27(33-22)24-21-32-25-12-8-7-11-23(25)30(24)13-9-5-3-2-4-6-10-14-30/h7-8,11-12,24,32,38H,2-6,9-10,13-21H2,1H3. The third-order valence-electron chi connectivity index (χ3n) is 9.65. The van der Waals surface area contributed by atoms with E-state index in [-0.39, 0.29) is 23.1 Å². The highest BCUT2D eigenvalue weighted by molar-refractivity contribution is 7.13. The van der Waals surface area contributed by atoms with Crippen molar-refractivity contribution in [3.8, 4) is 0 Å². The van der Waals surface area contributed by atoms with Gasteiger partial charge in [-0.3, -0.25) is 9.59 Å². The van der Waals surface area contributed by atoms with Gasteiger partial charge in [0.05, 0.1) is 10.7 Å². The smallest absolute Gasteiger partial charge is 0.265 e. The molecule has 2 saturated carbocycles. The van der Waals surface area contributed by atoms with Gasteiger partial charge in [0.15, 0.2) is 0 Å². The van der Waals surface area contributed by atoms with E-state index in [0.29, 0.717) is 39.0 Å². The maximum Gasteiger partial charge on any atom is 0.265 e. The summed E-state index contributed by atoms with van der Waals surface area (Å²) in [5, 5.41) is 15.0. The highest BCUT2D eigenvalue weighted by Gasteiger charge is 2.51. The number of rotatable bonds is 3. The number of benzene rings is 1. The maximum absolute atomic E-state index is 13.7. The molecule has 0 radical (unpaired) electrons. The van der Waals surface area contributed by atoms with Crippen molar-refractivity contribution in [2.45, 2.75) is 94.5 Å². The van der Waals surface area contributed by atoms with Crippen LogP contribution in [0.4, 0.5) is 5.69 Å². The summed E-state index contributed by atoms with van der Waals surface area (Å²) in [5.41, 5.74) is 2.41. The first-order valence-corrected chi connectivity index (χ1v) is 15.8.